The van der Waals surface area contributed by atoms with Crippen molar-refractivity contribution in [2.45, 2.75) is 6.92 Å². The Morgan fingerprint density at radius 2 is 1.79 bits per heavy atom. The molecular weight excluding hydrogens is 300 g/mol. The molecule has 0 radical (unpaired) electrons. The second-order valence-electron chi connectivity index (χ2n) is 5.72. The molecule has 1 heterocycles. The van der Waals surface area contributed by atoms with Gasteiger partial charge >= 0.3 is 0 Å². The summed E-state index contributed by atoms with van der Waals surface area (Å²) in [7, 11) is 1.96. The first-order valence-corrected chi connectivity index (χ1v) is 7.69. The van der Waals surface area contributed by atoms with Gasteiger partial charge in [-0.15, -0.1) is 10.2 Å². The van der Waals surface area contributed by atoms with Crippen molar-refractivity contribution < 1.29 is 5.11 Å². The fraction of sp³-hybridized carbons (Fsp3) is 0.105. The van der Waals surface area contributed by atoms with Crippen LogP contribution in [0.5, 0.6) is 5.75 Å². The molecule has 4 aromatic rings. The van der Waals surface area contributed by atoms with E-state index in [0.29, 0.717) is 5.69 Å². The smallest absolute Gasteiger partial charge is 0.143 e. The van der Waals surface area contributed by atoms with E-state index in [9.17, 15) is 5.11 Å². The van der Waals surface area contributed by atoms with Crippen LogP contribution in [0.2, 0.25) is 0 Å². The Morgan fingerprint density at radius 1 is 0.958 bits per heavy atom. The maximum Gasteiger partial charge on any atom is 0.143 e. The minimum absolute atomic E-state index is 0.116. The molecule has 0 atom stereocenters. The van der Waals surface area contributed by atoms with E-state index in [-0.39, 0.29) is 5.75 Å². The van der Waals surface area contributed by atoms with E-state index in [0.717, 1.165) is 33.3 Å². The number of benzene rings is 3. The number of aromatic hydroxyl groups is 1. The lowest BCUT2D eigenvalue weighted by Crippen LogP contribution is -1.90. The quantitative estimate of drug-likeness (QED) is 0.519. The topological polar surface area (TPSA) is 62.8 Å². The summed E-state index contributed by atoms with van der Waals surface area (Å²) in [5, 5.41) is 20.8. The Balaban J connectivity index is 1.89. The van der Waals surface area contributed by atoms with Crippen LogP contribution in [-0.4, -0.2) is 14.7 Å². The monoisotopic (exact) mass is 316 g/mol. The Kier molecular flexibility index (Phi) is 3.27. The minimum Gasteiger partial charge on any atom is -0.506 e. The van der Waals surface area contributed by atoms with Gasteiger partial charge in [0.15, 0.2) is 0 Å². The molecule has 0 fully saturated rings. The predicted molar refractivity (Wildman–Crippen MR) is 95.2 cm³/mol. The zero-order chi connectivity index (χ0) is 16.7. The van der Waals surface area contributed by atoms with Crippen molar-refractivity contribution in [3.63, 3.8) is 0 Å². The summed E-state index contributed by atoms with van der Waals surface area (Å²) in [5.41, 5.74) is 3.01. The second kappa shape index (κ2) is 5.45. The SMILES string of the molecule is Cc1nc2cccc(N=Nc3c(O)ccc4ccccc34)c2n1C. The van der Waals surface area contributed by atoms with E-state index in [1.165, 1.54) is 0 Å². The van der Waals surface area contributed by atoms with Gasteiger partial charge in [0.25, 0.3) is 0 Å². The molecule has 0 unspecified atom stereocenters. The van der Waals surface area contributed by atoms with Crippen LogP contribution in [0.25, 0.3) is 21.8 Å². The fourth-order valence-corrected chi connectivity index (χ4v) is 2.90. The number of hydrogen-bond donors (Lipinski definition) is 1. The van der Waals surface area contributed by atoms with Gasteiger partial charge in [0.05, 0.1) is 11.0 Å². The highest BCUT2D eigenvalue weighted by Crippen LogP contribution is 2.36. The molecular formula is C19H16N4O. The fourth-order valence-electron chi connectivity index (χ4n) is 2.90. The number of imidazole rings is 1. The van der Waals surface area contributed by atoms with E-state index < -0.39 is 0 Å². The number of phenols is 1. The van der Waals surface area contributed by atoms with Gasteiger partial charge in [-0.2, -0.15) is 0 Å². The molecule has 0 saturated heterocycles. The Morgan fingerprint density at radius 3 is 2.67 bits per heavy atom. The zero-order valence-electron chi connectivity index (χ0n) is 13.4. The van der Waals surface area contributed by atoms with Crippen LogP contribution < -0.4 is 0 Å². The number of phenolic OH excluding ortho intramolecular Hbond substituents is 1. The number of hydrogen-bond acceptors (Lipinski definition) is 4. The average Bonchev–Trinajstić information content (AvgIpc) is 2.89. The number of azo groups is 1. The van der Waals surface area contributed by atoms with E-state index in [2.05, 4.69) is 15.2 Å². The number of fused-ring (bicyclic) bond motifs is 2. The Hall–Kier alpha value is -3.21. The van der Waals surface area contributed by atoms with Crippen LogP contribution >= 0.6 is 0 Å². The Labute approximate surface area is 138 Å². The first-order chi connectivity index (χ1) is 11.6. The molecule has 24 heavy (non-hydrogen) atoms. The second-order valence-corrected chi connectivity index (χ2v) is 5.72. The highest BCUT2D eigenvalue weighted by atomic mass is 16.3. The normalized spacial score (nSPS) is 11.8. The molecule has 4 rings (SSSR count). The molecule has 0 saturated carbocycles. The Bertz CT molecular complexity index is 1100. The summed E-state index contributed by atoms with van der Waals surface area (Å²) in [6.07, 6.45) is 0. The lowest BCUT2D eigenvalue weighted by Gasteiger charge is -2.04. The molecule has 118 valence electrons. The van der Waals surface area contributed by atoms with Crippen molar-refractivity contribution in [3.8, 4) is 5.75 Å². The maximum absolute atomic E-state index is 10.2. The first kappa shape index (κ1) is 14.4. The van der Waals surface area contributed by atoms with Crippen molar-refractivity contribution in [1.29, 1.82) is 0 Å². The molecule has 0 aliphatic heterocycles. The molecule has 0 aliphatic carbocycles. The molecule has 3 aromatic carbocycles. The van der Waals surface area contributed by atoms with Gasteiger partial charge in [-0.3, -0.25) is 0 Å². The lowest BCUT2D eigenvalue weighted by molar-refractivity contribution is 0.477. The average molecular weight is 316 g/mol. The van der Waals surface area contributed by atoms with Crippen LogP contribution in [0.15, 0.2) is 64.8 Å². The van der Waals surface area contributed by atoms with Gasteiger partial charge in [0.1, 0.15) is 22.9 Å². The highest BCUT2D eigenvalue weighted by Gasteiger charge is 2.10. The third-order valence-corrected chi connectivity index (χ3v) is 4.23. The molecule has 5 nitrogen and oxygen atoms in total. The summed E-state index contributed by atoms with van der Waals surface area (Å²) in [6.45, 7) is 1.96. The standard InChI is InChI=1S/C19H16N4O/c1-12-20-15-8-5-9-16(19(15)23(12)2)21-22-18-14-7-4-3-6-13(14)10-11-17(18)24/h3-11,24H,1-2H3. The summed E-state index contributed by atoms with van der Waals surface area (Å²) in [5.74, 6) is 1.03. The lowest BCUT2D eigenvalue weighted by atomic mass is 10.1. The van der Waals surface area contributed by atoms with Crippen molar-refractivity contribution in [2.24, 2.45) is 17.3 Å². The van der Waals surface area contributed by atoms with Crippen LogP contribution in [0.3, 0.4) is 0 Å². The van der Waals surface area contributed by atoms with Gasteiger partial charge in [-0.1, -0.05) is 36.4 Å². The summed E-state index contributed by atoms with van der Waals surface area (Å²) < 4.78 is 1.99. The predicted octanol–water partition coefficient (Wildman–Crippen LogP) is 5.16. The van der Waals surface area contributed by atoms with Crippen LogP contribution in [0.1, 0.15) is 5.82 Å². The summed E-state index contributed by atoms with van der Waals surface area (Å²) in [4.78, 5) is 4.51. The third-order valence-electron chi connectivity index (χ3n) is 4.23. The summed E-state index contributed by atoms with van der Waals surface area (Å²) >= 11 is 0. The van der Waals surface area contributed by atoms with Gasteiger partial charge in [-0.05, 0) is 30.5 Å². The van der Waals surface area contributed by atoms with Crippen molar-refractivity contribution in [1.82, 2.24) is 9.55 Å². The number of nitrogens with zero attached hydrogens (tertiary/aromatic N) is 4. The van der Waals surface area contributed by atoms with Crippen LogP contribution in [-0.2, 0) is 7.05 Å². The molecule has 0 amide bonds. The molecule has 0 bridgehead atoms. The van der Waals surface area contributed by atoms with E-state index in [1.807, 2.05) is 67.1 Å². The minimum atomic E-state index is 0.116. The molecule has 1 N–H and O–H groups in total. The van der Waals surface area contributed by atoms with Gasteiger partial charge in [-0.25, -0.2) is 4.98 Å². The van der Waals surface area contributed by atoms with Crippen molar-refractivity contribution >= 4 is 33.2 Å². The van der Waals surface area contributed by atoms with Gasteiger partial charge in [0.2, 0.25) is 0 Å². The first-order valence-electron chi connectivity index (χ1n) is 7.69. The molecule has 0 aliphatic rings. The number of rotatable bonds is 2. The highest BCUT2D eigenvalue weighted by molar-refractivity contribution is 5.95. The van der Waals surface area contributed by atoms with Gasteiger partial charge < -0.3 is 9.67 Å². The zero-order valence-corrected chi connectivity index (χ0v) is 13.4. The van der Waals surface area contributed by atoms with Crippen LogP contribution in [0.4, 0.5) is 11.4 Å². The molecule has 0 spiro atoms. The number of aryl methyl sites for hydroxylation is 2. The number of aromatic nitrogens is 2. The largest absolute Gasteiger partial charge is 0.506 e. The third kappa shape index (κ3) is 2.22. The number of para-hydroxylation sites is 1. The van der Waals surface area contributed by atoms with E-state index in [1.54, 1.807) is 6.07 Å². The van der Waals surface area contributed by atoms with Crippen LogP contribution in [0, 0.1) is 6.92 Å². The van der Waals surface area contributed by atoms with E-state index >= 15 is 0 Å². The molecule has 5 heteroatoms. The molecule has 1 aromatic heterocycles. The summed E-state index contributed by atoms with van der Waals surface area (Å²) in [6, 6.07) is 17.1. The van der Waals surface area contributed by atoms with Crippen molar-refractivity contribution in [2.75, 3.05) is 0 Å². The van der Waals surface area contributed by atoms with E-state index in [4.69, 9.17) is 0 Å². The van der Waals surface area contributed by atoms with Crippen molar-refractivity contribution in [3.05, 3.63) is 60.4 Å². The van der Waals surface area contributed by atoms with Gasteiger partial charge in [0, 0.05) is 12.4 Å². The maximum atomic E-state index is 10.2.